The fraction of sp³-hybridized carbons (Fsp3) is 0. The van der Waals surface area contributed by atoms with Crippen LogP contribution >= 0.6 is 15.9 Å². The molecule has 5 heteroatoms. The van der Waals surface area contributed by atoms with Crippen LogP contribution in [0.1, 0.15) is 0 Å². The van der Waals surface area contributed by atoms with Gasteiger partial charge in [0.1, 0.15) is 5.82 Å². The summed E-state index contributed by atoms with van der Waals surface area (Å²) in [5.41, 5.74) is 5.17. The van der Waals surface area contributed by atoms with Crippen LogP contribution in [0.2, 0.25) is 0 Å². The molecule has 64 valence electrons. The first-order valence-electron chi connectivity index (χ1n) is 3.11. The lowest BCUT2D eigenvalue weighted by Gasteiger charge is -2.03. The number of nitrogens with one attached hydrogen (secondary N) is 1. The molecule has 1 rings (SSSR count). The van der Waals surface area contributed by atoms with Gasteiger partial charge < -0.3 is 11.1 Å². The zero-order chi connectivity index (χ0) is 9.14. The van der Waals surface area contributed by atoms with Crippen molar-refractivity contribution >= 4 is 27.6 Å². The molecule has 0 unspecified atom stereocenters. The van der Waals surface area contributed by atoms with E-state index in [0.29, 0.717) is 10.2 Å². The van der Waals surface area contributed by atoms with E-state index in [1.165, 1.54) is 18.2 Å². The van der Waals surface area contributed by atoms with E-state index in [0.717, 1.165) is 0 Å². The summed E-state index contributed by atoms with van der Waals surface area (Å²) in [5.74, 6) is -0.429. The molecule has 0 aliphatic rings. The topological polar surface area (TPSA) is 55.1 Å². The Bertz CT molecular complexity index is 316. The monoisotopic (exact) mass is 232 g/mol. The van der Waals surface area contributed by atoms with Crippen LogP contribution in [0.25, 0.3) is 0 Å². The number of halogens is 2. The van der Waals surface area contributed by atoms with Gasteiger partial charge in [-0.25, -0.2) is 9.18 Å². The lowest BCUT2D eigenvalue weighted by molar-refractivity contribution is 0.259. The summed E-state index contributed by atoms with van der Waals surface area (Å²) in [6, 6.07) is 3.22. The smallest absolute Gasteiger partial charge is 0.316 e. The highest BCUT2D eigenvalue weighted by Gasteiger charge is 2.02. The molecule has 0 saturated carbocycles. The standard InChI is InChI=1S/C7H6BrFN2O/c8-5-2-1-4(9)3-6(5)11-7(10)12/h1-3H,(H3,10,11,12). The second kappa shape index (κ2) is 3.53. The fourth-order valence-electron chi connectivity index (χ4n) is 0.726. The van der Waals surface area contributed by atoms with Crippen molar-refractivity contribution in [2.75, 3.05) is 5.32 Å². The van der Waals surface area contributed by atoms with Crippen LogP contribution in [0.15, 0.2) is 22.7 Å². The van der Waals surface area contributed by atoms with Crippen LogP contribution in [-0.2, 0) is 0 Å². The van der Waals surface area contributed by atoms with Crippen LogP contribution in [0.3, 0.4) is 0 Å². The number of hydrogen-bond acceptors (Lipinski definition) is 1. The largest absolute Gasteiger partial charge is 0.351 e. The van der Waals surface area contributed by atoms with Gasteiger partial charge in [-0.05, 0) is 34.1 Å². The van der Waals surface area contributed by atoms with Crippen molar-refractivity contribution in [3.63, 3.8) is 0 Å². The summed E-state index contributed by atoms with van der Waals surface area (Å²) in [4.78, 5) is 10.4. The number of rotatable bonds is 1. The highest BCUT2D eigenvalue weighted by molar-refractivity contribution is 9.10. The Balaban J connectivity index is 2.97. The maximum Gasteiger partial charge on any atom is 0.316 e. The zero-order valence-corrected chi connectivity index (χ0v) is 7.56. The van der Waals surface area contributed by atoms with Crippen LogP contribution in [-0.4, -0.2) is 6.03 Å². The minimum Gasteiger partial charge on any atom is -0.351 e. The van der Waals surface area contributed by atoms with Gasteiger partial charge >= 0.3 is 6.03 Å². The van der Waals surface area contributed by atoms with Gasteiger partial charge in [0, 0.05) is 4.47 Å². The average molecular weight is 233 g/mol. The molecule has 3 nitrogen and oxygen atoms in total. The van der Waals surface area contributed by atoms with Gasteiger partial charge in [0.15, 0.2) is 0 Å². The van der Waals surface area contributed by atoms with Gasteiger partial charge in [-0.2, -0.15) is 0 Å². The normalized spacial score (nSPS) is 9.50. The summed E-state index contributed by atoms with van der Waals surface area (Å²) < 4.78 is 13.2. The number of amides is 2. The Morgan fingerprint density at radius 3 is 2.83 bits per heavy atom. The van der Waals surface area contributed by atoms with E-state index in [1.54, 1.807) is 0 Å². The van der Waals surface area contributed by atoms with Crippen molar-refractivity contribution in [2.45, 2.75) is 0 Å². The van der Waals surface area contributed by atoms with Gasteiger partial charge in [0.05, 0.1) is 5.69 Å². The maximum atomic E-state index is 12.6. The maximum absolute atomic E-state index is 12.6. The predicted molar refractivity (Wildman–Crippen MR) is 47.3 cm³/mol. The van der Waals surface area contributed by atoms with Crippen molar-refractivity contribution in [1.29, 1.82) is 0 Å². The number of primary amides is 1. The highest BCUT2D eigenvalue weighted by atomic mass is 79.9. The third kappa shape index (κ3) is 2.20. The van der Waals surface area contributed by atoms with E-state index in [4.69, 9.17) is 5.73 Å². The van der Waals surface area contributed by atoms with Gasteiger partial charge in [-0.1, -0.05) is 0 Å². The molecule has 0 aromatic heterocycles. The third-order valence-electron chi connectivity index (χ3n) is 1.19. The molecule has 2 amide bonds. The van der Waals surface area contributed by atoms with E-state index >= 15 is 0 Å². The number of anilines is 1. The van der Waals surface area contributed by atoms with Crippen molar-refractivity contribution < 1.29 is 9.18 Å². The van der Waals surface area contributed by atoms with Crippen molar-refractivity contribution in [3.8, 4) is 0 Å². The second-order valence-electron chi connectivity index (χ2n) is 2.11. The minimum absolute atomic E-state index is 0.322. The number of hydrogen-bond donors (Lipinski definition) is 2. The lowest BCUT2D eigenvalue weighted by Crippen LogP contribution is -2.19. The Labute approximate surface area is 76.9 Å². The summed E-state index contributed by atoms with van der Waals surface area (Å²) >= 11 is 3.12. The van der Waals surface area contributed by atoms with E-state index in [-0.39, 0.29) is 0 Å². The Kier molecular flexibility index (Phi) is 2.65. The predicted octanol–water partition coefficient (Wildman–Crippen LogP) is 2.08. The SMILES string of the molecule is NC(=O)Nc1cc(F)ccc1Br. The van der Waals surface area contributed by atoms with Gasteiger partial charge in [-0.3, -0.25) is 0 Å². The van der Waals surface area contributed by atoms with E-state index in [9.17, 15) is 9.18 Å². The Morgan fingerprint density at radius 2 is 2.25 bits per heavy atom. The number of nitrogens with two attached hydrogens (primary N) is 1. The first kappa shape index (κ1) is 8.99. The van der Waals surface area contributed by atoms with Crippen molar-refractivity contribution in [1.82, 2.24) is 0 Å². The molecule has 0 radical (unpaired) electrons. The average Bonchev–Trinajstić information content (AvgIpc) is 1.96. The summed E-state index contributed by atoms with van der Waals surface area (Å²) in [6.07, 6.45) is 0. The molecular weight excluding hydrogens is 227 g/mol. The van der Waals surface area contributed by atoms with Gasteiger partial charge in [0.2, 0.25) is 0 Å². The molecule has 0 atom stereocenters. The Hall–Kier alpha value is -1.10. The first-order valence-corrected chi connectivity index (χ1v) is 3.90. The molecule has 0 bridgehead atoms. The molecule has 0 fully saturated rings. The van der Waals surface area contributed by atoms with Crippen LogP contribution < -0.4 is 11.1 Å². The van der Waals surface area contributed by atoms with Crippen LogP contribution in [0.4, 0.5) is 14.9 Å². The van der Waals surface area contributed by atoms with Gasteiger partial charge in [-0.15, -0.1) is 0 Å². The minimum atomic E-state index is -0.721. The third-order valence-corrected chi connectivity index (χ3v) is 1.88. The van der Waals surface area contributed by atoms with Gasteiger partial charge in [0.25, 0.3) is 0 Å². The van der Waals surface area contributed by atoms with Crippen molar-refractivity contribution in [3.05, 3.63) is 28.5 Å². The van der Waals surface area contributed by atoms with E-state index in [2.05, 4.69) is 21.2 Å². The molecule has 12 heavy (non-hydrogen) atoms. The zero-order valence-electron chi connectivity index (χ0n) is 5.97. The van der Waals surface area contributed by atoms with Crippen LogP contribution in [0, 0.1) is 5.82 Å². The summed E-state index contributed by atoms with van der Waals surface area (Å²) in [5, 5.41) is 2.27. The molecule has 0 spiro atoms. The first-order chi connectivity index (χ1) is 5.59. The van der Waals surface area contributed by atoms with E-state index < -0.39 is 11.8 Å². The number of carbonyl (C=O) groups excluding carboxylic acids is 1. The molecule has 0 aliphatic carbocycles. The number of carbonyl (C=O) groups is 1. The molecule has 3 N–H and O–H groups in total. The van der Waals surface area contributed by atoms with Crippen molar-refractivity contribution in [2.24, 2.45) is 5.73 Å². The summed E-state index contributed by atoms with van der Waals surface area (Å²) in [7, 11) is 0. The molecule has 1 aromatic carbocycles. The molecule has 0 aliphatic heterocycles. The fourth-order valence-corrected chi connectivity index (χ4v) is 1.07. The molecule has 0 heterocycles. The number of benzene rings is 1. The second-order valence-corrected chi connectivity index (χ2v) is 2.97. The Morgan fingerprint density at radius 1 is 1.58 bits per heavy atom. The molecule has 0 saturated heterocycles. The molecular formula is C7H6BrFN2O. The lowest BCUT2D eigenvalue weighted by atomic mass is 10.3. The molecule has 1 aromatic rings. The summed E-state index contributed by atoms with van der Waals surface area (Å²) in [6.45, 7) is 0. The quantitative estimate of drug-likeness (QED) is 0.766. The van der Waals surface area contributed by atoms with E-state index in [1.807, 2.05) is 0 Å². The van der Waals surface area contributed by atoms with Crippen LogP contribution in [0.5, 0.6) is 0 Å². The number of urea groups is 1. The highest BCUT2D eigenvalue weighted by Crippen LogP contribution is 2.22.